The SMILES string of the molecule is FC(F)Sc1ccccc1Nc1nc2cc(Cl)ccc2s1. The molecule has 1 N–H and O–H groups in total. The van der Waals surface area contributed by atoms with Gasteiger partial charge in [-0.15, -0.1) is 0 Å². The molecule has 0 aliphatic heterocycles. The van der Waals surface area contributed by atoms with E-state index in [1.165, 1.54) is 11.3 Å². The molecule has 3 aromatic rings. The molecule has 21 heavy (non-hydrogen) atoms. The number of benzene rings is 2. The van der Waals surface area contributed by atoms with E-state index in [2.05, 4.69) is 10.3 Å². The average Bonchev–Trinajstić information content (AvgIpc) is 2.82. The summed E-state index contributed by atoms with van der Waals surface area (Å²) in [7, 11) is 0. The van der Waals surface area contributed by atoms with E-state index < -0.39 is 5.76 Å². The number of halogens is 3. The Balaban J connectivity index is 1.91. The smallest absolute Gasteiger partial charge is 0.288 e. The number of nitrogens with one attached hydrogen (secondary N) is 1. The minimum atomic E-state index is -2.46. The third kappa shape index (κ3) is 3.45. The first-order valence-corrected chi connectivity index (χ1v) is 8.06. The van der Waals surface area contributed by atoms with Crippen molar-refractivity contribution in [3.05, 3.63) is 47.5 Å². The second-order valence-corrected chi connectivity index (χ2v) is 6.63. The summed E-state index contributed by atoms with van der Waals surface area (Å²) in [5, 5.41) is 4.36. The van der Waals surface area contributed by atoms with Crippen LogP contribution >= 0.6 is 34.7 Å². The second-order valence-electron chi connectivity index (χ2n) is 4.13. The van der Waals surface area contributed by atoms with Crippen molar-refractivity contribution in [3.63, 3.8) is 0 Å². The number of thioether (sulfide) groups is 1. The average molecular weight is 343 g/mol. The van der Waals surface area contributed by atoms with Crippen molar-refractivity contribution in [2.24, 2.45) is 0 Å². The molecule has 0 aliphatic rings. The minimum absolute atomic E-state index is 0.491. The molecule has 108 valence electrons. The molecular weight excluding hydrogens is 334 g/mol. The van der Waals surface area contributed by atoms with Gasteiger partial charge in [0.25, 0.3) is 5.76 Å². The van der Waals surface area contributed by atoms with Crippen LogP contribution in [0.25, 0.3) is 10.2 Å². The van der Waals surface area contributed by atoms with E-state index in [4.69, 9.17) is 11.6 Å². The van der Waals surface area contributed by atoms with Gasteiger partial charge in [-0.1, -0.05) is 46.8 Å². The molecule has 0 aliphatic carbocycles. The van der Waals surface area contributed by atoms with E-state index in [-0.39, 0.29) is 0 Å². The molecule has 1 heterocycles. The fourth-order valence-electron chi connectivity index (χ4n) is 1.84. The summed E-state index contributed by atoms with van der Waals surface area (Å²) in [4.78, 5) is 4.91. The predicted molar refractivity (Wildman–Crippen MR) is 86.2 cm³/mol. The van der Waals surface area contributed by atoms with Gasteiger partial charge in [-0.25, -0.2) is 4.98 Å². The van der Waals surface area contributed by atoms with Crippen molar-refractivity contribution in [1.29, 1.82) is 0 Å². The summed E-state index contributed by atoms with van der Waals surface area (Å²) in [6.07, 6.45) is 0. The van der Waals surface area contributed by atoms with Gasteiger partial charge < -0.3 is 5.32 Å². The Morgan fingerprint density at radius 1 is 1.19 bits per heavy atom. The molecule has 0 saturated heterocycles. The predicted octanol–water partition coefficient (Wildman–Crippen LogP) is 6.01. The maximum atomic E-state index is 12.6. The van der Waals surface area contributed by atoms with Gasteiger partial charge in [0.2, 0.25) is 0 Å². The zero-order valence-electron chi connectivity index (χ0n) is 10.5. The lowest BCUT2D eigenvalue weighted by Gasteiger charge is -2.08. The third-order valence-corrected chi connectivity index (χ3v) is 4.67. The first-order chi connectivity index (χ1) is 10.1. The molecule has 2 nitrogen and oxygen atoms in total. The Morgan fingerprint density at radius 2 is 2.00 bits per heavy atom. The van der Waals surface area contributed by atoms with E-state index in [0.29, 0.717) is 32.5 Å². The van der Waals surface area contributed by atoms with Crippen LogP contribution in [0.1, 0.15) is 0 Å². The molecule has 0 amide bonds. The van der Waals surface area contributed by atoms with Gasteiger partial charge in [0.05, 0.1) is 15.9 Å². The molecule has 0 bridgehead atoms. The number of thiazole rings is 1. The van der Waals surface area contributed by atoms with E-state index in [1.807, 2.05) is 6.07 Å². The van der Waals surface area contributed by atoms with Crippen molar-refractivity contribution in [2.45, 2.75) is 10.7 Å². The first-order valence-electron chi connectivity index (χ1n) is 5.99. The molecule has 1 aromatic heterocycles. The molecule has 0 radical (unpaired) electrons. The highest BCUT2D eigenvalue weighted by molar-refractivity contribution is 7.99. The lowest BCUT2D eigenvalue weighted by Crippen LogP contribution is -1.93. The van der Waals surface area contributed by atoms with Gasteiger partial charge in [0.1, 0.15) is 0 Å². The van der Waals surface area contributed by atoms with Crippen LogP contribution in [0.4, 0.5) is 19.6 Å². The summed E-state index contributed by atoms with van der Waals surface area (Å²) in [6.45, 7) is 0. The summed E-state index contributed by atoms with van der Waals surface area (Å²) >= 11 is 7.89. The Labute approximate surface area is 133 Å². The summed E-state index contributed by atoms with van der Waals surface area (Å²) < 4.78 is 26.1. The van der Waals surface area contributed by atoms with Gasteiger partial charge in [-0.3, -0.25) is 0 Å². The van der Waals surface area contributed by atoms with Crippen molar-refractivity contribution in [3.8, 4) is 0 Å². The van der Waals surface area contributed by atoms with Crippen molar-refractivity contribution in [2.75, 3.05) is 5.32 Å². The minimum Gasteiger partial charge on any atom is -0.331 e. The maximum Gasteiger partial charge on any atom is 0.288 e. The fraction of sp³-hybridized carbons (Fsp3) is 0.0714. The normalized spacial score (nSPS) is 11.2. The van der Waals surface area contributed by atoms with Crippen LogP contribution in [-0.2, 0) is 0 Å². The summed E-state index contributed by atoms with van der Waals surface area (Å²) in [5.74, 6) is -2.46. The van der Waals surface area contributed by atoms with Crippen LogP contribution in [0, 0.1) is 0 Å². The molecule has 0 unspecified atom stereocenters. The Kier molecular flexibility index (Phi) is 4.28. The van der Waals surface area contributed by atoms with Gasteiger partial charge in [0.15, 0.2) is 5.13 Å². The first kappa shape index (κ1) is 14.6. The molecule has 7 heteroatoms. The van der Waals surface area contributed by atoms with E-state index in [1.54, 1.807) is 36.4 Å². The number of nitrogens with zero attached hydrogens (tertiary/aromatic N) is 1. The largest absolute Gasteiger partial charge is 0.331 e. The van der Waals surface area contributed by atoms with Gasteiger partial charge in [-0.05, 0) is 30.3 Å². The van der Waals surface area contributed by atoms with Crippen molar-refractivity contribution < 1.29 is 8.78 Å². The van der Waals surface area contributed by atoms with E-state index >= 15 is 0 Å². The van der Waals surface area contributed by atoms with Crippen LogP contribution in [0.15, 0.2) is 47.4 Å². The van der Waals surface area contributed by atoms with Crippen LogP contribution < -0.4 is 5.32 Å². The molecule has 0 fully saturated rings. The van der Waals surface area contributed by atoms with Gasteiger partial charge >= 0.3 is 0 Å². The Hall–Kier alpha value is -1.37. The molecule has 2 aromatic carbocycles. The molecule has 0 spiro atoms. The molecule has 0 atom stereocenters. The van der Waals surface area contributed by atoms with E-state index in [0.717, 1.165) is 10.2 Å². The highest BCUT2D eigenvalue weighted by Gasteiger charge is 2.11. The number of para-hydroxylation sites is 1. The standard InChI is InChI=1S/C14H9ClF2N2S2/c15-8-5-6-12-10(7-8)19-14(21-12)18-9-3-1-2-4-11(9)20-13(16)17/h1-7,13H,(H,18,19). The Bertz CT molecular complexity index is 777. The number of aromatic nitrogens is 1. The van der Waals surface area contributed by atoms with Gasteiger partial charge in [-0.2, -0.15) is 8.78 Å². The molecule has 0 saturated carbocycles. The monoisotopic (exact) mass is 342 g/mol. The quantitative estimate of drug-likeness (QED) is 0.588. The maximum absolute atomic E-state index is 12.6. The van der Waals surface area contributed by atoms with Crippen LogP contribution in [-0.4, -0.2) is 10.7 Å². The lowest BCUT2D eigenvalue weighted by atomic mass is 10.3. The highest BCUT2D eigenvalue weighted by atomic mass is 35.5. The highest BCUT2D eigenvalue weighted by Crippen LogP contribution is 2.35. The molecular formula is C14H9ClF2N2S2. The zero-order valence-corrected chi connectivity index (χ0v) is 12.9. The van der Waals surface area contributed by atoms with Crippen molar-refractivity contribution in [1.82, 2.24) is 4.98 Å². The van der Waals surface area contributed by atoms with Crippen molar-refractivity contribution >= 4 is 55.7 Å². The lowest BCUT2D eigenvalue weighted by molar-refractivity contribution is 0.252. The summed E-state index contributed by atoms with van der Waals surface area (Å²) in [6, 6.07) is 12.4. The number of hydrogen-bond acceptors (Lipinski definition) is 4. The third-order valence-electron chi connectivity index (χ3n) is 2.69. The topological polar surface area (TPSA) is 24.9 Å². The second kappa shape index (κ2) is 6.17. The zero-order chi connectivity index (χ0) is 14.8. The number of anilines is 2. The summed E-state index contributed by atoms with van der Waals surface area (Å²) in [5.41, 5.74) is 1.40. The van der Waals surface area contributed by atoms with Gasteiger partial charge in [0, 0.05) is 9.92 Å². The molecule has 3 rings (SSSR count). The number of hydrogen-bond donors (Lipinski definition) is 1. The van der Waals surface area contributed by atoms with Crippen LogP contribution in [0.2, 0.25) is 5.02 Å². The van der Waals surface area contributed by atoms with Crippen LogP contribution in [0.3, 0.4) is 0 Å². The fourth-order valence-corrected chi connectivity index (χ4v) is 3.46. The number of fused-ring (bicyclic) bond motifs is 1. The van der Waals surface area contributed by atoms with E-state index in [9.17, 15) is 8.78 Å². The number of rotatable bonds is 4. The number of alkyl halides is 2. The van der Waals surface area contributed by atoms with Crippen LogP contribution in [0.5, 0.6) is 0 Å². The Morgan fingerprint density at radius 3 is 2.81 bits per heavy atom.